The van der Waals surface area contributed by atoms with Gasteiger partial charge in [-0.15, -0.1) is 11.3 Å². The largest absolute Gasteiger partial charge is 0.348 e. The summed E-state index contributed by atoms with van der Waals surface area (Å²) in [6.07, 6.45) is 0.377. The van der Waals surface area contributed by atoms with E-state index in [0.717, 1.165) is 11.1 Å². The molecule has 1 atom stereocenters. The van der Waals surface area contributed by atoms with Gasteiger partial charge >= 0.3 is 0 Å². The Bertz CT molecular complexity index is 578. The predicted octanol–water partition coefficient (Wildman–Crippen LogP) is 3.26. The highest BCUT2D eigenvalue weighted by Crippen LogP contribution is 2.25. The topological polar surface area (TPSA) is 55.1 Å². The number of thiophene rings is 1. The van der Waals surface area contributed by atoms with E-state index in [1.54, 1.807) is 11.3 Å². The van der Waals surface area contributed by atoms with E-state index in [4.69, 9.17) is 5.73 Å². The van der Waals surface area contributed by atoms with Crippen molar-refractivity contribution in [3.8, 4) is 0 Å². The molecular formula is C17H22N2OS. The van der Waals surface area contributed by atoms with Crippen LogP contribution in [0.25, 0.3) is 0 Å². The lowest BCUT2D eigenvalue weighted by Crippen LogP contribution is -2.32. The summed E-state index contributed by atoms with van der Waals surface area (Å²) in [4.78, 5) is 13.5. The number of amides is 1. The number of nitrogens with one attached hydrogen (secondary N) is 1. The van der Waals surface area contributed by atoms with Crippen LogP contribution in [0.3, 0.4) is 0 Å². The number of benzene rings is 1. The fraction of sp³-hybridized carbons (Fsp3) is 0.353. The van der Waals surface area contributed by atoms with Gasteiger partial charge in [0.2, 0.25) is 5.91 Å². The smallest absolute Gasteiger partial charge is 0.224 e. The number of hydrogen-bond donors (Lipinski definition) is 2. The summed E-state index contributed by atoms with van der Waals surface area (Å²) in [5.41, 5.74) is 7.76. The number of carbonyl (C=O) groups is 1. The average Bonchev–Trinajstić information content (AvgIpc) is 2.99. The molecule has 0 aliphatic rings. The number of hydrogen-bond acceptors (Lipinski definition) is 3. The molecular weight excluding hydrogens is 280 g/mol. The van der Waals surface area contributed by atoms with Crippen molar-refractivity contribution in [3.05, 3.63) is 57.8 Å². The molecule has 2 aromatic rings. The lowest BCUT2D eigenvalue weighted by atomic mass is 10.0. The van der Waals surface area contributed by atoms with Crippen LogP contribution in [0.15, 0.2) is 41.8 Å². The zero-order valence-electron chi connectivity index (χ0n) is 12.5. The van der Waals surface area contributed by atoms with Gasteiger partial charge in [-0.05, 0) is 28.5 Å². The molecule has 0 saturated carbocycles. The fourth-order valence-electron chi connectivity index (χ4n) is 2.36. The van der Waals surface area contributed by atoms with Crippen LogP contribution in [0.4, 0.5) is 0 Å². The van der Waals surface area contributed by atoms with Gasteiger partial charge in [0.25, 0.3) is 0 Å². The van der Waals surface area contributed by atoms with Crippen LogP contribution in [-0.4, -0.2) is 5.91 Å². The maximum Gasteiger partial charge on any atom is 0.224 e. The molecule has 3 nitrogen and oxygen atoms in total. The highest BCUT2D eigenvalue weighted by atomic mass is 32.1. The number of rotatable bonds is 6. The van der Waals surface area contributed by atoms with Crippen LogP contribution in [0.2, 0.25) is 0 Å². The number of carbonyl (C=O) groups excluding carboxylic acids is 1. The van der Waals surface area contributed by atoms with Gasteiger partial charge in [0, 0.05) is 11.4 Å². The normalized spacial score (nSPS) is 12.4. The third kappa shape index (κ3) is 4.16. The van der Waals surface area contributed by atoms with Crippen LogP contribution >= 0.6 is 11.3 Å². The van der Waals surface area contributed by atoms with E-state index in [1.165, 1.54) is 4.88 Å². The Labute approximate surface area is 130 Å². The van der Waals surface area contributed by atoms with Gasteiger partial charge in [0.05, 0.1) is 12.5 Å². The monoisotopic (exact) mass is 302 g/mol. The summed E-state index contributed by atoms with van der Waals surface area (Å²) < 4.78 is 0. The summed E-state index contributed by atoms with van der Waals surface area (Å²) in [5.74, 6) is 0.403. The van der Waals surface area contributed by atoms with Gasteiger partial charge < -0.3 is 11.1 Å². The Kier molecular flexibility index (Phi) is 5.53. The second kappa shape index (κ2) is 7.38. The lowest BCUT2D eigenvalue weighted by molar-refractivity contribution is -0.121. The van der Waals surface area contributed by atoms with Gasteiger partial charge in [-0.1, -0.05) is 44.2 Å². The maximum absolute atomic E-state index is 12.3. The summed E-state index contributed by atoms with van der Waals surface area (Å²) in [5, 5.41) is 5.19. The summed E-state index contributed by atoms with van der Waals surface area (Å²) in [6.45, 7) is 4.71. The van der Waals surface area contributed by atoms with Crippen LogP contribution in [-0.2, 0) is 17.8 Å². The van der Waals surface area contributed by atoms with Gasteiger partial charge in [0.15, 0.2) is 0 Å². The lowest BCUT2D eigenvalue weighted by Gasteiger charge is -2.21. The first-order valence-electron chi connectivity index (χ1n) is 7.21. The molecule has 0 fully saturated rings. The molecule has 0 aliphatic carbocycles. The van der Waals surface area contributed by atoms with E-state index < -0.39 is 0 Å². The van der Waals surface area contributed by atoms with Crippen molar-refractivity contribution in [2.45, 2.75) is 32.9 Å². The number of nitrogens with two attached hydrogens (primary N) is 1. The summed E-state index contributed by atoms with van der Waals surface area (Å²) in [6, 6.07) is 12.0. The third-order valence-electron chi connectivity index (χ3n) is 3.52. The Balaban J connectivity index is 2.06. The van der Waals surface area contributed by atoms with Gasteiger partial charge in [-0.3, -0.25) is 4.79 Å². The molecule has 0 spiro atoms. The molecule has 2 rings (SSSR count). The molecule has 21 heavy (non-hydrogen) atoms. The van der Waals surface area contributed by atoms with E-state index in [-0.39, 0.29) is 11.9 Å². The van der Waals surface area contributed by atoms with Gasteiger partial charge in [-0.2, -0.15) is 0 Å². The van der Waals surface area contributed by atoms with Crippen molar-refractivity contribution in [3.63, 3.8) is 0 Å². The predicted molar refractivity (Wildman–Crippen MR) is 88.1 cm³/mol. The van der Waals surface area contributed by atoms with E-state index in [2.05, 4.69) is 25.2 Å². The Morgan fingerprint density at radius 3 is 2.48 bits per heavy atom. The molecule has 1 amide bonds. The Morgan fingerprint density at radius 2 is 1.90 bits per heavy atom. The minimum absolute atomic E-state index is 0.0444. The Morgan fingerprint density at radius 1 is 1.19 bits per heavy atom. The minimum atomic E-state index is 0.0444. The second-order valence-electron chi connectivity index (χ2n) is 5.45. The van der Waals surface area contributed by atoms with Crippen molar-refractivity contribution in [2.75, 3.05) is 0 Å². The molecule has 0 saturated heterocycles. The Hall–Kier alpha value is -1.65. The molecule has 1 aromatic heterocycles. The zero-order valence-corrected chi connectivity index (χ0v) is 13.3. The van der Waals surface area contributed by atoms with E-state index >= 15 is 0 Å². The van der Waals surface area contributed by atoms with E-state index in [0.29, 0.717) is 18.9 Å². The first-order chi connectivity index (χ1) is 10.1. The highest BCUT2D eigenvalue weighted by Gasteiger charge is 2.19. The van der Waals surface area contributed by atoms with Gasteiger partial charge in [0.1, 0.15) is 0 Å². The van der Waals surface area contributed by atoms with Crippen LogP contribution < -0.4 is 11.1 Å². The van der Waals surface area contributed by atoms with Crippen LogP contribution in [0, 0.1) is 5.92 Å². The van der Waals surface area contributed by atoms with Crippen molar-refractivity contribution in [1.29, 1.82) is 0 Å². The molecule has 3 N–H and O–H groups in total. The van der Waals surface area contributed by atoms with Crippen LogP contribution in [0.5, 0.6) is 0 Å². The SMILES string of the molecule is CC(C)C(NC(=O)Cc1ccccc1CN)c1cccs1. The van der Waals surface area contributed by atoms with Crippen molar-refractivity contribution in [1.82, 2.24) is 5.32 Å². The van der Waals surface area contributed by atoms with Crippen molar-refractivity contribution < 1.29 is 4.79 Å². The molecule has 1 aromatic carbocycles. The standard InChI is InChI=1S/C17H22N2OS/c1-12(2)17(15-8-5-9-21-15)19-16(20)10-13-6-3-4-7-14(13)11-18/h3-9,12,17H,10-11,18H2,1-2H3,(H,19,20). The zero-order chi connectivity index (χ0) is 15.2. The molecule has 1 unspecified atom stereocenters. The van der Waals surface area contributed by atoms with E-state index in [9.17, 15) is 4.79 Å². The molecule has 0 radical (unpaired) electrons. The molecule has 0 bridgehead atoms. The molecule has 1 heterocycles. The fourth-order valence-corrected chi connectivity index (χ4v) is 3.31. The van der Waals surface area contributed by atoms with Crippen molar-refractivity contribution >= 4 is 17.2 Å². The van der Waals surface area contributed by atoms with Crippen molar-refractivity contribution in [2.24, 2.45) is 11.7 Å². The summed E-state index contributed by atoms with van der Waals surface area (Å²) >= 11 is 1.68. The van der Waals surface area contributed by atoms with E-state index in [1.807, 2.05) is 35.7 Å². The first-order valence-corrected chi connectivity index (χ1v) is 8.09. The minimum Gasteiger partial charge on any atom is -0.348 e. The first kappa shape index (κ1) is 15.7. The molecule has 4 heteroatoms. The molecule has 0 aliphatic heterocycles. The van der Waals surface area contributed by atoms with Gasteiger partial charge in [-0.25, -0.2) is 0 Å². The summed E-state index contributed by atoms with van der Waals surface area (Å²) in [7, 11) is 0. The maximum atomic E-state index is 12.3. The second-order valence-corrected chi connectivity index (χ2v) is 6.43. The third-order valence-corrected chi connectivity index (χ3v) is 4.48. The highest BCUT2D eigenvalue weighted by molar-refractivity contribution is 7.10. The molecule has 112 valence electrons. The quantitative estimate of drug-likeness (QED) is 0.860. The van der Waals surface area contributed by atoms with Crippen LogP contribution in [0.1, 0.15) is 35.9 Å². The average molecular weight is 302 g/mol.